The van der Waals surface area contributed by atoms with Gasteiger partial charge in [0.2, 0.25) is 0 Å². The molecule has 0 saturated heterocycles. The van der Waals surface area contributed by atoms with Crippen LogP contribution >= 0.6 is 0 Å². The first-order valence-corrected chi connectivity index (χ1v) is 8.08. The summed E-state index contributed by atoms with van der Waals surface area (Å²) < 4.78 is 36.7. The Balaban J connectivity index is 2.30. The first-order chi connectivity index (χ1) is 10.2. The molecule has 2 N–H and O–H groups in total. The number of sulfone groups is 1. The number of anilines is 1. The molecule has 0 spiro atoms. The van der Waals surface area contributed by atoms with Crippen LogP contribution in [0, 0.1) is 5.82 Å². The fraction of sp³-hybridized carbons (Fsp3) is 0.231. The predicted molar refractivity (Wildman–Crippen MR) is 75.0 cm³/mol. The zero-order valence-corrected chi connectivity index (χ0v) is 12.4. The maximum Gasteiger partial charge on any atom is 0.277 e. The molecule has 22 heavy (non-hydrogen) atoms. The van der Waals surface area contributed by atoms with Crippen LogP contribution in [-0.4, -0.2) is 49.6 Å². The molecule has 0 aliphatic carbocycles. The van der Waals surface area contributed by atoms with E-state index in [0.717, 1.165) is 35.4 Å². The summed E-state index contributed by atoms with van der Waals surface area (Å²) in [6.45, 7) is -0.568. The molecular formula is C13H13FN2O5S. The van der Waals surface area contributed by atoms with Gasteiger partial charge in [-0.1, -0.05) is 0 Å². The van der Waals surface area contributed by atoms with Gasteiger partial charge in [-0.25, -0.2) is 12.8 Å². The van der Waals surface area contributed by atoms with Gasteiger partial charge in [0.1, 0.15) is 11.5 Å². The highest BCUT2D eigenvalue weighted by molar-refractivity contribution is 7.90. The molecule has 0 radical (unpaired) electrons. The minimum Gasteiger partial charge on any atom is -0.395 e. The molecule has 0 unspecified atom stereocenters. The van der Waals surface area contributed by atoms with Crippen molar-refractivity contribution < 1.29 is 27.5 Å². The number of amides is 2. The van der Waals surface area contributed by atoms with Crippen molar-refractivity contribution in [1.82, 2.24) is 4.90 Å². The second-order valence-corrected chi connectivity index (χ2v) is 6.63. The Morgan fingerprint density at radius 3 is 2.59 bits per heavy atom. The van der Waals surface area contributed by atoms with Crippen LogP contribution in [0.5, 0.6) is 0 Å². The van der Waals surface area contributed by atoms with E-state index < -0.39 is 34.1 Å². The molecule has 2 rings (SSSR count). The Morgan fingerprint density at radius 2 is 2.00 bits per heavy atom. The van der Waals surface area contributed by atoms with Crippen LogP contribution in [-0.2, 0) is 19.4 Å². The van der Waals surface area contributed by atoms with Crippen LogP contribution in [0.15, 0.2) is 34.9 Å². The van der Waals surface area contributed by atoms with Crippen molar-refractivity contribution in [2.24, 2.45) is 0 Å². The van der Waals surface area contributed by atoms with E-state index in [1.807, 2.05) is 0 Å². The predicted octanol–water partition coefficient (Wildman–Crippen LogP) is -0.114. The van der Waals surface area contributed by atoms with E-state index in [2.05, 4.69) is 5.32 Å². The van der Waals surface area contributed by atoms with Crippen LogP contribution in [0.4, 0.5) is 10.1 Å². The lowest BCUT2D eigenvalue weighted by molar-refractivity contribution is -0.137. The SMILES string of the molecule is CS(=O)(=O)c1ccc(F)c(NC2=CC(=O)N(CCO)C2=O)c1. The number of hydrogen-bond acceptors (Lipinski definition) is 6. The summed E-state index contributed by atoms with van der Waals surface area (Å²) in [5.74, 6) is -2.13. The highest BCUT2D eigenvalue weighted by Gasteiger charge is 2.31. The van der Waals surface area contributed by atoms with Crippen LogP contribution in [0.3, 0.4) is 0 Å². The number of aliphatic hydroxyl groups excluding tert-OH is 1. The van der Waals surface area contributed by atoms with Crippen molar-refractivity contribution in [1.29, 1.82) is 0 Å². The summed E-state index contributed by atoms with van der Waals surface area (Å²) in [7, 11) is -3.54. The van der Waals surface area contributed by atoms with Gasteiger partial charge in [0.25, 0.3) is 11.8 Å². The lowest BCUT2D eigenvalue weighted by Gasteiger charge is -2.14. The summed E-state index contributed by atoms with van der Waals surface area (Å²) in [5, 5.41) is 11.2. The van der Waals surface area contributed by atoms with Crippen LogP contribution in [0.25, 0.3) is 0 Å². The maximum atomic E-state index is 13.7. The minimum absolute atomic E-state index is 0.124. The molecule has 1 heterocycles. The number of imide groups is 1. The first kappa shape index (κ1) is 16.1. The van der Waals surface area contributed by atoms with Crippen molar-refractivity contribution in [3.05, 3.63) is 35.8 Å². The van der Waals surface area contributed by atoms with Crippen LogP contribution in [0.1, 0.15) is 0 Å². The van der Waals surface area contributed by atoms with E-state index in [4.69, 9.17) is 5.11 Å². The number of rotatable bonds is 5. The third-order valence-electron chi connectivity index (χ3n) is 2.97. The molecular weight excluding hydrogens is 315 g/mol. The molecule has 1 aliphatic heterocycles. The minimum atomic E-state index is -3.54. The molecule has 118 valence electrons. The Morgan fingerprint density at radius 1 is 1.32 bits per heavy atom. The standard InChI is InChI=1S/C13H13FN2O5S/c1-22(20,21)8-2-3-9(14)10(6-8)15-11-7-12(18)16(4-5-17)13(11)19/h2-3,6-7,15,17H,4-5H2,1H3. The largest absolute Gasteiger partial charge is 0.395 e. The third-order valence-corrected chi connectivity index (χ3v) is 4.08. The smallest absolute Gasteiger partial charge is 0.277 e. The molecule has 0 aromatic heterocycles. The third kappa shape index (κ3) is 3.15. The molecule has 7 nitrogen and oxygen atoms in total. The monoisotopic (exact) mass is 328 g/mol. The number of hydrogen-bond donors (Lipinski definition) is 2. The fourth-order valence-electron chi connectivity index (χ4n) is 1.89. The van der Waals surface area contributed by atoms with Gasteiger partial charge in [-0.05, 0) is 18.2 Å². The van der Waals surface area contributed by atoms with Crippen LogP contribution < -0.4 is 5.32 Å². The quantitative estimate of drug-likeness (QED) is 0.577. The number of halogens is 1. The average Bonchev–Trinajstić information content (AvgIpc) is 2.68. The van der Waals surface area contributed by atoms with E-state index in [9.17, 15) is 22.4 Å². The van der Waals surface area contributed by atoms with Crippen molar-refractivity contribution in [3.8, 4) is 0 Å². The van der Waals surface area contributed by atoms with Gasteiger partial charge in [0.15, 0.2) is 9.84 Å². The lowest BCUT2D eigenvalue weighted by atomic mass is 10.3. The summed E-state index contributed by atoms with van der Waals surface area (Å²) in [4.78, 5) is 24.2. The molecule has 0 atom stereocenters. The van der Waals surface area contributed by atoms with Crippen molar-refractivity contribution in [2.45, 2.75) is 4.90 Å². The van der Waals surface area contributed by atoms with E-state index in [0.29, 0.717) is 0 Å². The topological polar surface area (TPSA) is 104 Å². The molecule has 0 saturated carbocycles. The van der Waals surface area contributed by atoms with Gasteiger partial charge in [0, 0.05) is 12.3 Å². The van der Waals surface area contributed by atoms with Gasteiger partial charge in [-0.3, -0.25) is 14.5 Å². The van der Waals surface area contributed by atoms with Crippen molar-refractivity contribution in [2.75, 3.05) is 24.7 Å². The summed E-state index contributed by atoms with van der Waals surface area (Å²) in [6.07, 6.45) is 1.93. The summed E-state index contributed by atoms with van der Waals surface area (Å²) >= 11 is 0. The number of carbonyl (C=O) groups excluding carboxylic acids is 2. The zero-order chi connectivity index (χ0) is 16.5. The number of benzene rings is 1. The molecule has 1 aromatic carbocycles. The summed E-state index contributed by atoms with van der Waals surface area (Å²) in [6, 6.07) is 3.09. The van der Waals surface area contributed by atoms with E-state index in [1.165, 1.54) is 0 Å². The number of nitrogens with one attached hydrogen (secondary N) is 1. The van der Waals surface area contributed by atoms with Gasteiger partial charge in [0.05, 0.1) is 23.7 Å². The second-order valence-electron chi connectivity index (χ2n) is 4.62. The number of aliphatic hydroxyl groups is 1. The van der Waals surface area contributed by atoms with Crippen molar-refractivity contribution in [3.63, 3.8) is 0 Å². The van der Waals surface area contributed by atoms with Crippen molar-refractivity contribution >= 4 is 27.3 Å². The Kier molecular flexibility index (Phi) is 4.29. The Labute approximate surface area is 126 Å². The average molecular weight is 328 g/mol. The van der Waals surface area contributed by atoms with E-state index >= 15 is 0 Å². The lowest BCUT2D eigenvalue weighted by Crippen LogP contribution is -2.34. The van der Waals surface area contributed by atoms with Gasteiger partial charge in [-0.15, -0.1) is 0 Å². The number of β-amino-alcohol motifs (C(OH)–C–C–N with tert-alkyl or cyclic N) is 1. The fourth-order valence-corrected chi connectivity index (χ4v) is 2.53. The maximum absolute atomic E-state index is 13.7. The van der Waals surface area contributed by atoms with Gasteiger partial charge < -0.3 is 10.4 Å². The Bertz CT molecular complexity index is 773. The highest BCUT2D eigenvalue weighted by Crippen LogP contribution is 2.23. The van der Waals surface area contributed by atoms with Gasteiger partial charge >= 0.3 is 0 Å². The zero-order valence-electron chi connectivity index (χ0n) is 11.5. The molecule has 2 amide bonds. The first-order valence-electron chi connectivity index (χ1n) is 6.19. The Hall–Kier alpha value is -2.26. The second kappa shape index (κ2) is 5.85. The number of carbonyl (C=O) groups is 2. The normalized spacial score (nSPS) is 15.2. The summed E-state index contributed by atoms with van der Waals surface area (Å²) in [5.41, 5.74) is -0.427. The number of nitrogens with zero attached hydrogens (tertiary/aromatic N) is 1. The molecule has 0 bridgehead atoms. The molecule has 1 aromatic rings. The van der Waals surface area contributed by atoms with E-state index in [1.54, 1.807) is 0 Å². The highest BCUT2D eigenvalue weighted by atomic mass is 32.2. The molecule has 1 aliphatic rings. The molecule has 9 heteroatoms. The van der Waals surface area contributed by atoms with Crippen LogP contribution in [0.2, 0.25) is 0 Å². The van der Waals surface area contributed by atoms with E-state index in [-0.39, 0.29) is 22.8 Å². The molecule has 0 fully saturated rings. The van der Waals surface area contributed by atoms with Gasteiger partial charge in [-0.2, -0.15) is 0 Å².